The summed E-state index contributed by atoms with van der Waals surface area (Å²) < 4.78 is 1.66. The molecule has 0 aromatic carbocycles. The fourth-order valence-corrected chi connectivity index (χ4v) is 1.94. The van der Waals surface area contributed by atoms with Crippen molar-refractivity contribution >= 4 is 22.8 Å². The lowest BCUT2D eigenvalue weighted by Gasteiger charge is -2.07. The van der Waals surface area contributed by atoms with E-state index >= 15 is 0 Å². The van der Waals surface area contributed by atoms with Crippen LogP contribution in [0, 0.1) is 6.92 Å². The van der Waals surface area contributed by atoms with E-state index in [4.69, 9.17) is 11.5 Å². The quantitative estimate of drug-likeness (QED) is 0.695. The number of nitrogens with two attached hydrogens (primary N) is 2. The topological polar surface area (TPSA) is 120 Å². The van der Waals surface area contributed by atoms with E-state index in [2.05, 4.69) is 9.97 Å². The lowest BCUT2D eigenvalue weighted by Crippen LogP contribution is -2.12. The van der Waals surface area contributed by atoms with E-state index in [0.29, 0.717) is 23.4 Å². The second kappa shape index (κ2) is 4.26. The van der Waals surface area contributed by atoms with Gasteiger partial charge in [0.05, 0.1) is 17.1 Å². The lowest BCUT2D eigenvalue weighted by molar-refractivity contribution is 0.100. The Hall–Kier alpha value is -2.15. The van der Waals surface area contributed by atoms with Gasteiger partial charge in [-0.2, -0.15) is 0 Å². The molecule has 0 spiro atoms. The molecular formula is C11H15N5O2. The smallest absolute Gasteiger partial charge is 0.251 e. The van der Waals surface area contributed by atoms with Crippen molar-refractivity contribution < 1.29 is 9.90 Å². The molecule has 18 heavy (non-hydrogen) atoms. The molecule has 7 heteroatoms. The molecule has 2 aromatic rings. The van der Waals surface area contributed by atoms with Gasteiger partial charge in [-0.05, 0) is 13.8 Å². The summed E-state index contributed by atoms with van der Waals surface area (Å²) in [5.74, 6) is 0.125. The molecule has 1 atom stereocenters. The molecule has 0 aliphatic carbocycles. The van der Waals surface area contributed by atoms with Crippen LogP contribution in [0.15, 0.2) is 6.20 Å². The van der Waals surface area contributed by atoms with Gasteiger partial charge in [0, 0.05) is 12.7 Å². The van der Waals surface area contributed by atoms with Gasteiger partial charge in [0.25, 0.3) is 5.91 Å². The van der Waals surface area contributed by atoms with Crippen LogP contribution >= 0.6 is 0 Å². The molecular weight excluding hydrogens is 234 g/mol. The first-order valence-electron chi connectivity index (χ1n) is 5.51. The van der Waals surface area contributed by atoms with Crippen LogP contribution in [0.5, 0.6) is 0 Å². The zero-order valence-corrected chi connectivity index (χ0v) is 10.2. The number of carbonyl (C=O) groups is 1. The van der Waals surface area contributed by atoms with E-state index in [0.717, 1.165) is 0 Å². The Morgan fingerprint density at radius 2 is 2.22 bits per heavy atom. The van der Waals surface area contributed by atoms with Crippen molar-refractivity contribution in [3.8, 4) is 0 Å². The third kappa shape index (κ3) is 2.00. The van der Waals surface area contributed by atoms with Crippen LogP contribution in [0.1, 0.15) is 23.1 Å². The second-order valence-electron chi connectivity index (χ2n) is 4.26. The van der Waals surface area contributed by atoms with E-state index in [9.17, 15) is 9.90 Å². The number of aliphatic hydroxyl groups excluding tert-OH is 1. The third-order valence-corrected chi connectivity index (χ3v) is 2.58. The first kappa shape index (κ1) is 12.3. The summed E-state index contributed by atoms with van der Waals surface area (Å²) in [6, 6.07) is 0. The predicted octanol–water partition coefficient (Wildman–Crippen LogP) is -0.198. The highest BCUT2D eigenvalue weighted by atomic mass is 16.3. The van der Waals surface area contributed by atoms with Crippen LogP contribution < -0.4 is 11.5 Å². The predicted molar refractivity (Wildman–Crippen MR) is 66.9 cm³/mol. The van der Waals surface area contributed by atoms with Crippen LogP contribution in [-0.4, -0.2) is 31.7 Å². The Labute approximate surface area is 103 Å². The van der Waals surface area contributed by atoms with Gasteiger partial charge in [0.15, 0.2) is 0 Å². The number of fused-ring (bicyclic) bond motifs is 1. The maximum Gasteiger partial charge on any atom is 0.251 e. The van der Waals surface area contributed by atoms with Gasteiger partial charge in [-0.15, -0.1) is 0 Å². The van der Waals surface area contributed by atoms with Crippen LogP contribution in [0.3, 0.4) is 0 Å². The molecule has 1 amide bonds. The lowest BCUT2D eigenvalue weighted by atomic mass is 10.2. The van der Waals surface area contributed by atoms with E-state index in [1.807, 2.05) is 0 Å². The Balaban J connectivity index is 2.76. The molecule has 0 bridgehead atoms. The second-order valence-corrected chi connectivity index (χ2v) is 4.26. The molecule has 0 saturated carbocycles. The summed E-state index contributed by atoms with van der Waals surface area (Å²) in [7, 11) is 0. The zero-order valence-electron chi connectivity index (χ0n) is 10.2. The van der Waals surface area contributed by atoms with Crippen molar-refractivity contribution in [2.45, 2.75) is 26.5 Å². The molecule has 0 fully saturated rings. The van der Waals surface area contributed by atoms with Crippen molar-refractivity contribution in [2.75, 3.05) is 5.73 Å². The number of aromatic nitrogens is 3. The van der Waals surface area contributed by atoms with Gasteiger partial charge in [0.2, 0.25) is 0 Å². The van der Waals surface area contributed by atoms with Gasteiger partial charge in [-0.3, -0.25) is 4.79 Å². The first-order valence-corrected chi connectivity index (χ1v) is 5.51. The number of nitrogens with zero attached hydrogens (tertiary/aromatic N) is 3. The molecule has 2 heterocycles. The van der Waals surface area contributed by atoms with E-state index < -0.39 is 12.0 Å². The molecule has 0 saturated heterocycles. The van der Waals surface area contributed by atoms with Crippen LogP contribution in [-0.2, 0) is 6.54 Å². The SMILES string of the molecule is Cc1nc(N)c2c(C(N)=O)cn(C[C@@H](C)O)c2n1. The van der Waals surface area contributed by atoms with Crippen molar-refractivity contribution in [1.29, 1.82) is 0 Å². The third-order valence-electron chi connectivity index (χ3n) is 2.58. The highest BCUT2D eigenvalue weighted by Gasteiger charge is 2.18. The van der Waals surface area contributed by atoms with Crippen molar-refractivity contribution in [1.82, 2.24) is 14.5 Å². The summed E-state index contributed by atoms with van der Waals surface area (Å²) in [5.41, 5.74) is 11.9. The minimum atomic E-state index is -0.594. The number of hydrogen-bond donors (Lipinski definition) is 3. The summed E-state index contributed by atoms with van der Waals surface area (Å²) in [4.78, 5) is 19.7. The molecule has 2 rings (SSSR count). The summed E-state index contributed by atoms with van der Waals surface area (Å²) >= 11 is 0. The van der Waals surface area contributed by atoms with Gasteiger partial charge < -0.3 is 21.1 Å². The van der Waals surface area contributed by atoms with E-state index in [1.54, 1.807) is 24.6 Å². The molecule has 96 valence electrons. The largest absolute Gasteiger partial charge is 0.392 e. The van der Waals surface area contributed by atoms with Crippen LogP contribution in [0.4, 0.5) is 5.82 Å². The van der Waals surface area contributed by atoms with Crippen LogP contribution in [0.25, 0.3) is 11.0 Å². The number of hydrogen-bond acceptors (Lipinski definition) is 5. The highest BCUT2D eigenvalue weighted by Crippen LogP contribution is 2.24. The average molecular weight is 249 g/mol. The summed E-state index contributed by atoms with van der Waals surface area (Å²) in [6.07, 6.45) is 0.974. The Bertz CT molecular complexity index is 617. The van der Waals surface area contributed by atoms with Crippen molar-refractivity contribution in [3.63, 3.8) is 0 Å². The molecule has 7 nitrogen and oxygen atoms in total. The van der Waals surface area contributed by atoms with Gasteiger partial charge in [0.1, 0.15) is 17.3 Å². The number of rotatable bonds is 3. The van der Waals surface area contributed by atoms with E-state index in [-0.39, 0.29) is 11.4 Å². The average Bonchev–Trinajstić information content (AvgIpc) is 2.56. The summed E-state index contributed by atoms with van der Waals surface area (Å²) in [5, 5.41) is 9.88. The minimum Gasteiger partial charge on any atom is -0.392 e. The molecule has 0 radical (unpaired) electrons. The number of anilines is 1. The number of nitrogen functional groups attached to an aromatic ring is 1. The van der Waals surface area contributed by atoms with Crippen molar-refractivity contribution in [3.05, 3.63) is 17.6 Å². The summed E-state index contributed by atoms with van der Waals surface area (Å²) in [6.45, 7) is 3.66. The van der Waals surface area contributed by atoms with Gasteiger partial charge >= 0.3 is 0 Å². The minimum absolute atomic E-state index is 0.218. The molecule has 2 aromatic heterocycles. The molecule has 0 aliphatic heterocycles. The van der Waals surface area contributed by atoms with E-state index in [1.165, 1.54) is 0 Å². The van der Waals surface area contributed by atoms with Crippen LogP contribution in [0.2, 0.25) is 0 Å². The number of amides is 1. The number of aliphatic hydroxyl groups is 1. The maximum atomic E-state index is 11.4. The molecule has 5 N–H and O–H groups in total. The van der Waals surface area contributed by atoms with Gasteiger partial charge in [-0.1, -0.05) is 0 Å². The molecule has 0 aliphatic rings. The Kier molecular flexibility index (Phi) is 2.92. The first-order chi connectivity index (χ1) is 8.40. The normalized spacial score (nSPS) is 12.8. The monoisotopic (exact) mass is 249 g/mol. The highest BCUT2D eigenvalue weighted by molar-refractivity contribution is 6.08. The standard InChI is InChI=1S/C11H15N5O2/c1-5(17)3-16-4-7(10(13)18)8-9(12)14-6(2)15-11(8)16/h4-5,17H,3H2,1-2H3,(H2,13,18)(H2,12,14,15)/t5-/m1/s1. The maximum absolute atomic E-state index is 11.4. The Morgan fingerprint density at radius 1 is 1.56 bits per heavy atom. The fourth-order valence-electron chi connectivity index (χ4n) is 1.94. The zero-order chi connectivity index (χ0) is 13.4. The Morgan fingerprint density at radius 3 is 2.78 bits per heavy atom. The number of primary amides is 1. The fraction of sp³-hybridized carbons (Fsp3) is 0.364. The number of aryl methyl sites for hydroxylation is 1. The van der Waals surface area contributed by atoms with Crippen molar-refractivity contribution in [2.24, 2.45) is 5.73 Å². The number of carbonyl (C=O) groups excluding carboxylic acids is 1. The van der Waals surface area contributed by atoms with Gasteiger partial charge in [-0.25, -0.2) is 9.97 Å². The molecule has 0 unspecified atom stereocenters.